The average molecular weight is 258 g/mol. The number of rotatable bonds is 5. The second kappa shape index (κ2) is 6.51. The van der Waals surface area contributed by atoms with Crippen molar-refractivity contribution in [3.8, 4) is 6.07 Å². The van der Waals surface area contributed by atoms with Gasteiger partial charge in [-0.15, -0.1) is 5.10 Å². The van der Waals surface area contributed by atoms with Crippen LogP contribution in [0.25, 0.3) is 0 Å². The van der Waals surface area contributed by atoms with Gasteiger partial charge in [0.1, 0.15) is 11.6 Å². The molecule has 0 aliphatic heterocycles. The Morgan fingerprint density at radius 3 is 2.53 bits per heavy atom. The van der Waals surface area contributed by atoms with Crippen molar-refractivity contribution in [2.24, 2.45) is 5.92 Å². The highest BCUT2D eigenvalue weighted by molar-refractivity contribution is 5.56. The summed E-state index contributed by atoms with van der Waals surface area (Å²) in [6.45, 7) is 5.03. The number of hydrogen-bond donors (Lipinski definition) is 1. The number of aromatic nitrogens is 2. The molecule has 0 radical (unpaired) electrons. The van der Waals surface area contributed by atoms with E-state index in [1.54, 1.807) is 0 Å². The molecule has 0 unspecified atom stereocenters. The number of hydrogen-bond acceptors (Lipinski definition) is 4. The second-order valence-electron chi connectivity index (χ2n) is 5.20. The fourth-order valence-electron chi connectivity index (χ4n) is 2.87. The molecule has 1 N–H and O–H groups in total. The summed E-state index contributed by atoms with van der Waals surface area (Å²) in [5.74, 6) is 1.40. The smallest absolute Gasteiger partial charge is 0.166 e. The Hall–Kier alpha value is -1.63. The lowest BCUT2D eigenvalue weighted by Crippen LogP contribution is -2.15. The Morgan fingerprint density at radius 1 is 1.21 bits per heavy atom. The molecule has 1 heterocycles. The molecule has 1 aliphatic carbocycles. The van der Waals surface area contributed by atoms with Crippen LogP contribution in [0.4, 0.5) is 5.82 Å². The molecule has 1 fully saturated rings. The summed E-state index contributed by atoms with van der Waals surface area (Å²) >= 11 is 0. The fraction of sp³-hybridized carbons (Fsp3) is 0.667. The van der Waals surface area contributed by atoms with Gasteiger partial charge in [-0.05, 0) is 37.2 Å². The highest BCUT2D eigenvalue weighted by Gasteiger charge is 2.18. The fourth-order valence-corrected chi connectivity index (χ4v) is 2.87. The first-order chi connectivity index (χ1) is 9.30. The van der Waals surface area contributed by atoms with Gasteiger partial charge in [0.15, 0.2) is 5.82 Å². The quantitative estimate of drug-likeness (QED) is 0.881. The van der Waals surface area contributed by atoms with Gasteiger partial charge in [-0.3, -0.25) is 0 Å². The maximum Gasteiger partial charge on any atom is 0.166 e. The highest BCUT2D eigenvalue weighted by Crippen LogP contribution is 2.26. The Morgan fingerprint density at radius 2 is 1.95 bits per heavy atom. The minimum atomic E-state index is 0.670. The zero-order valence-corrected chi connectivity index (χ0v) is 11.9. The summed E-state index contributed by atoms with van der Waals surface area (Å²) in [6.07, 6.45) is 6.90. The van der Waals surface area contributed by atoms with Crippen LogP contribution < -0.4 is 5.32 Å². The third-order valence-electron chi connectivity index (χ3n) is 3.99. The summed E-state index contributed by atoms with van der Waals surface area (Å²) in [6, 6.07) is 2.30. The van der Waals surface area contributed by atoms with E-state index in [1.165, 1.54) is 25.7 Å². The van der Waals surface area contributed by atoms with E-state index in [0.29, 0.717) is 11.4 Å². The Kier molecular flexibility index (Phi) is 4.73. The van der Waals surface area contributed by atoms with E-state index >= 15 is 0 Å². The van der Waals surface area contributed by atoms with Crippen LogP contribution in [0.15, 0.2) is 0 Å². The van der Waals surface area contributed by atoms with E-state index in [1.807, 2.05) is 0 Å². The van der Waals surface area contributed by atoms with E-state index < -0.39 is 0 Å². The summed E-state index contributed by atoms with van der Waals surface area (Å²) in [5.41, 5.74) is 2.69. The molecular formula is C15H22N4. The van der Waals surface area contributed by atoms with E-state index in [-0.39, 0.29) is 0 Å². The SMILES string of the molecule is CCc1nnc(NCC2CCCC2)c(C#N)c1CC. The van der Waals surface area contributed by atoms with Gasteiger partial charge in [-0.1, -0.05) is 26.7 Å². The molecule has 0 spiro atoms. The largest absolute Gasteiger partial charge is 0.367 e. The second-order valence-corrected chi connectivity index (χ2v) is 5.20. The van der Waals surface area contributed by atoms with Crippen LogP contribution in [0.5, 0.6) is 0 Å². The lowest BCUT2D eigenvalue weighted by molar-refractivity contribution is 0.578. The molecule has 4 heteroatoms. The number of nitriles is 1. The number of anilines is 1. The van der Waals surface area contributed by atoms with E-state index in [2.05, 4.69) is 35.4 Å². The van der Waals surface area contributed by atoms with Gasteiger partial charge in [-0.2, -0.15) is 10.4 Å². The summed E-state index contributed by atoms with van der Waals surface area (Å²) in [7, 11) is 0. The first-order valence-electron chi connectivity index (χ1n) is 7.32. The zero-order valence-electron chi connectivity index (χ0n) is 11.9. The van der Waals surface area contributed by atoms with Crippen LogP contribution in [0, 0.1) is 17.2 Å². The van der Waals surface area contributed by atoms with Crippen molar-refractivity contribution in [3.05, 3.63) is 16.8 Å². The van der Waals surface area contributed by atoms with Crippen molar-refractivity contribution < 1.29 is 0 Å². The van der Waals surface area contributed by atoms with Gasteiger partial charge in [0.05, 0.1) is 5.69 Å². The van der Waals surface area contributed by atoms with E-state index in [0.717, 1.165) is 36.6 Å². The molecule has 2 rings (SSSR count). The van der Waals surface area contributed by atoms with E-state index in [4.69, 9.17) is 0 Å². The summed E-state index contributed by atoms with van der Waals surface area (Å²) < 4.78 is 0. The minimum absolute atomic E-state index is 0.670. The van der Waals surface area contributed by atoms with Crippen molar-refractivity contribution in [2.75, 3.05) is 11.9 Å². The van der Waals surface area contributed by atoms with Crippen LogP contribution in [0.1, 0.15) is 56.4 Å². The number of aryl methyl sites for hydroxylation is 1. The maximum atomic E-state index is 9.38. The number of nitrogens with zero attached hydrogens (tertiary/aromatic N) is 3. The number of nitrogens with one attached hydrogen (secondary N) is 1. The molecule has 0 atom stereocenters. The molecule has 0 saturated heterocycles. The van der Waals surface area contributed by atoms with Crippen LogP contribution in [0.2, 0.25) is 0 Å². The molecule has 1 aromatic rings. The standard InChI is InChI=1S/C15H22N4/c1-3-12-13(9-16)15(19-18-14(12)4-2)17-10-11-7-5-6-8-11/h11H,3-8,10H2,1-2H3,(H,17,19). The molecule has 0 aromatic carbocycles. The van der Waals surface area contributed by atoms with Gasteiger partial charge in [0.2, 0.25) is 0 Å². The van der Waals surface area contributed by atoms with Crippen molar-refractivity contribution in [2.45, 2.75) is 52.4 Å². The van der Waals surface area contributed by atoms with Gasteiger partial charge < -0.3 is 5.32 Å². The molecule has 1 saturated carbocycles. The predicted octanol–water partition coefficient (Wildman–Crippen LogP) is 3.08. The monoisotopic (exact) mass is 258 g/mol. The molecule has 1 aliphatic rings. The molecule has 19 heavy (non-hydrogen) atoms. The van der Waals surface area contributed by atoms with Crippen molar-refractivity contribution >= 4 is 5.82 Å². The van der Waals surface area contributed by atoms with Gasteiger partial charge >= 0.3 is 0 Å². The van der Waals surface area contributed by atoms with Crippen molar-refractivity contribution in [1.82, 2.24) is 10.2 Å². The van der Waals surface area contributed by atoms with Crippen molar-refractivity contribution in [3.63, 3.8) is 0 Å². The molecular weight excluding hydrogens is 236 g/mol. The average Bonchev–Trinajstić information content (AvgIpc) is 2.96. The van der Waals surface area contributed by atoms with Gasteiger partial charge in [0, 0.05) is 6.54 Å². The first-order valence-corrected chi connectivity index (χ1v) is 7.32. The summed E-state index contributed by atoms with van der Waals surface area (Å²) in [5, 5.41) is 21.2. The Balaban J connectivity index is 2.17. The summed E-state index contributed by atoms with van der Waals surface area (Å²) in [4.78, 5) is 0. The Labute approximate surface area is 115 Å². The zero-order chi connectivity index (χ0) is 13.7. The maximum absolute atomic E-state index is 9.38. The van der Waals surface area contributed by atoms with Crippen molar-refractivity contribution in [1.29, 1.82) is 5.26 Å². The third kappa shape index (κ3) is 3.04. The first kappa shape index (κ1) is 13.8. The molecule has 0 amide bonds. The van der Waals surface area contributed by atoms with Gasteiger partial charge in [-0.25, -0.2) is 0 Å². The Bertz CT molecular complexity index is 470. The lowest BCUT2D eigenvalue weighted by Gasteiger charge is -2.14. The van der Waals surface area contributed by atoms with Crippen LogP contribution in [-0.4, -0.2) is 16.7 Å². The topological polar surface area (TPSA) is 61.6 Å². The molecule has 1 aromatic heterocycles. The molecule has 0 bridgehead atoms. The lowest BCUT2D eigenvalue weighted by atomic mass is 10.0. The predicted molar refractivity (Wildman–Crippen MR) is 76.0 cm³/mol. The minimum Gasteiger partial charge on any atom is -0.367 e. The van der Waals surface area contributed by atoms with Crippen LogP contribution in [0.3, 0.4) is 0 Å². The molecule has 102 valence electrons. The van der Waals surface area contributed by atoms with Gasteiger partial charge in [0.25, 0.3) is 0 Å². The van der Waals surface area contributed by atoms with Crippen LogP contribution in [-0.2, 0) is 12.8 Å². The highest BCUT2D eigenvalue weighted by atomic mass is 15.2. The normalized spacial score (nSPS) is 15.4. The third-order valence-corrected chi connectivity index (χ3v) is 3.99. The van der Waals surface area contributed by atoms with E-state index in [9.17, 15) is 5.26 Å². The van der Waals surface area contributed by atoms with Crippen LogP contribution >= 0.6 is 0 Å². The molecule has 4 nitrogen and oxygen atoms in total.